The van der Waals surface area contributed by atoms with Gasteiger partial charge in [0.1, 0.15) is 5.82 Å². The monoisotopic (exact) mass is 399 g/mol. The summed E-state index contributed by atoms with van der Waals surface area (Å²) in [6.07, 6.45) is 4.91. The molecule has 0 bridgehead atoms. The van der Waals surface area contributed by atoms with Gasteiger partial charge in [-0.05, 0) is 29.0 Å². The van der Waals surface area contributed by atoms with Crippen LogP contribution in [-0.4, -0.2) is 26.8 Å². The molecule has 0 aromatic carbocycles. The first-order valence-corrected chi connectivity index (χ1v) is 8.23. The van der Waals surface area contributed by atoms with Crippen LogP contribution in [0.15, 0.2) is 12.4 Å². The average Bonchev–Trinajstić information content (AvgIpc) is 2.86. The molecule has 0 aliphatic carbocycles. The summed E-state index contributed by atoms with van der Waals surface area (Å²) in [5.74, 6) is 1.60. The Labute approximate surface area is 139 Å². The van der Waals surface area contributed by atoms with E-state index in [-0.39, 0.29) is 5.41 Å². The first-order chi connectivity index (χ1) is 9.86. The zero-order valence-electron chi connectivity index (χ0n) is 13.2. The number of anilines is 1. The molecule has 0 saturated heterocycles. The number of rotatable bonds is 4. The lowest BCUT2D eigenvalue weighted by Gasteiger charge is -2.21. The Morgan fingerprint density at radius 3 is 2.57 bits per heavy atom. The molecule has 2 heterocycles. The topological polar surface area (TPSA) is 55.6 Å². The molecule has 0 spiro atoms. The molecule has 0 aliphatic rings. The van der Waals surface area contributed by atoms with Crippen LogP contribution in [-0.2, 0) is 12.0 Å². The molecule has 6 heteroatoms. The fourth-order valence-corrected chi connectivity index (χ4v) is 3.39. The van der Waals surface area contributed by atoms with E-state index in [4.69, 9.17) is 4.98 Å². The average molecular weight is 399 g/mol. The molecule has 1 N–H and O–H groups in total. The summed E-state index contributed by atoms with van der Waals surface area (Å²) in [4.78, 5) is 9.41. The highest BCUT2D eigenvalue weighted by Gasteiger charge is 2.23. The summed E-state index contributed by atoms with van der Waals surface area (Å²) < 4.78 is 3.01. The van der Waals surface area contributed by atoms with Crippen LogP contribution in [0.1, 0.15) is 39.8 Å². The van der Waals surface area contributed by atoms with Gasteiger partial charge in [-0.15, -0.1) is 0 Å². The van der Waals surface area contributed by atoms with Gasteiger partial charge in [-0.3, -0.25) is 4.68 Å². The molecule has 5 nitrogen and oxygen atoms in total. The molecule has 0 radical (unpaired) electrons. The quantitative estimate of drug-likeness (QED) is 0.797. The molecule has 114 valence electrons. The van der Waals surface area contributed by atoms with E-state index in [2.05, 4.69) is 65.7 Å². The highest BCUT2D eigenvalue weighted by atomic mass is 127. The molecule has 0 atom stereocenters. The second-order valence-electron chi connectivity index (χ2n) is 6.05. The third-order valence-electron chi connectivity index (χ3n) is 3.14. The first kappa shape index (κ1) is 16.2. The summed E-state index contributed by atoms with van der Waals surface area (Å²) in [5, 5.41) is 7.53. The smallest absolute Gasteiger partial charge is 0.165 e. The Balaban J connectivity index is 2.53. The fourth-order valence-electron chi connectivity index (χ4n) is 2.07. The molecule has 2 rings (SSSR count). The summed E-state index contributed by atoms with van der Waals surface area (Å²) in [7, 11) is 1.89. The van der Waals surface area contributed by atoms with Crippen molar-refractivity contribution in [1.82, 2.24) is 19.7 Å². The van der Waals surface area contributed by atoms with Gasteiger partial charge in [-0.1, -0.05) is 27.7 Å². The SMILES string of the molecule is CCCn1cc(-c2nc(NC)c(I)c(C(C)(C)C)n2)cn1. The Morgan fingerprint density at radius 2 is 2.00 bits per heavy atom. The minimum atomic E-state index is -0.0285. The Hall–Kier alpha value is -1.18. The van der Waals surface area contributed by atoms with Gasteiger partial charge in [0.05, 0.1) is 21.0 Å². The summed E-state index contributed by atoms with van der Waals surface area (Å²) in [6.45, 7) is 9.55. The molecular weight excluding hydrogens is 377 g/mol. The van der Waals surface area contributed by atoms with Crippen molar-refractivity contribution in [3.8, 4) is 11.4 Å². The molecule has 2 aromatic rings. The van der Waals surface area contributed by atoms with Crippen molar-refractivity contribution in [3.63, 3.8) is 0 Å². The highest BCUT2D eigenvalue weighted by molar-refractivity contribution is 14.1. The van der Waals surface area contributed by atoms with Crippen LogP contribution in [0.5, 0.6) is 0 Å². The number of hydrogen-bond donors (Lipinski definition) is 1. The predicted octanol–water partition coefficient (Wildman–Crippen LogP) is 3.69. The predicted molar refractivity (Wildman–Crippen MR) is 94.5 cm³/mol. The van der Waals surface area contributed by atoms with Gasteiger partial charge in [0, 0.05) is 25.2 Å². The van der Waals surface area contributed by atoms with Crippen molar-refractivity contribution in [2.24, 2.45) is 0 Å². The second-order valence-corrected chi connectivity index (χ2v) is 7.13. The van der Waals surface area contributed by atoms with E-state index < -0.39 is 0 Å². The molecular formula is C15H22IN5. The van der Waals surface area contributed by atoms with Gasteiger partial charge in [0.25, 0.3) is 0 Å². The molecule has 0 unspecified atom stereocenters. The van der Waals surface area contributed by atoms with Crippen LogP contribution in [0.3, 0.4) is 0 Å². The maximum Gasteiger partial charge on any atom is 0.165 e. The van der Waals surface area contributed by atoms with E-state index in [1.54, 1.807) is 0 Å². The number of aryl methyl sites for hydroxylation is 1. The van der Waals surface area contributed by atoms with E-state index in [1.807, 2.05) is 24.1 Å². The van der Waals surface area contributed by atoms with E-state index in [0.29, 0.717) is 0 Å². The lowest BCUT2D eigenvalue weighted by molar-refractivity contribution is 0.564. The lowest BCUT2D eigenvalue weighted by Crippen LogP contribution is -2.18. The number of nitrogens with zero attached hydrogens (tertiary/aromatic N) is 4. The van der Waals surface area contributed by atoms with Gasteiger partial charge >= 0.3 is 0 Å². The van der Waals surface area contributed by atoms with Crippen molar-refractivity contribution < 1.29 is 0 Å². The van der Waals surface area contributed by atoms with Gasteiger partial charge < -0.3 is 5.32 Å². The minimum absolute atomic E-state index is 0.0285. The largest absolute Gasteiger partial charge is 0.372 e. The van der Waals surface area contributed by atoms with E-state index >= 15 is 0 Å². The maximum atomic E-state index is 4.78. The summed E-state index contributed by atoms with van der Waals surface area (Å²) >= 11 is 2.31. The van der Waals surface area contributed by atoms with Crippen LogP contribution < -0.4 is 5.32 Å². The maximum absolute atomic E-state index is 4.78. The van der Waals surface area contributed by atoms with E-state index in [0.717, 1.165) is 39.4 Å². The van der Waals surface area contributed by atoms with Crippen molar-refractivity contribution in [3.05, 3.63) is 21.7 Å². The van der Waals surface area contributed by atoms with Crippen molar-refractivity contribution in [2.75, 3.05) is 12.4 Å². The zero-order chi connectivity index (χ0) is 15.6. The summed E-state index contributed by atoms with van der Waals surface area (Å²) in [5.41, 5.74) is 1.99. The van der Waals surface area contributed by atoms with Crippen LogP contribution in [0.4, 0.5) is 5.82 Å². The van der Waals surface area contributed by atoms with Crippen LogP contribution in [0.25, 0.3) is 11.4 Å². The third kappa shape index (κ3) is 3.53. The normalized spacial score (nSPS) is 11.7. The number of hydrogen-bond acceptors (Lipinski definition) is 4. The standard InChI is InChI=1S/C15H22IN5/c1-6-7-21-9-10(8-18-21)13-19-12(15(2,3)4)11(16)14(17-5)20-13/h8-9H,6-7H2,1-5H3,(H,17,19,20). The van der Waals surface area contributed by atoms with Crippen LogP contribution >= 0.6 is 22.6 Å². The lowest BCUT2D eigenvalue weighted by atomic mass is 9.92. The number of nitrogens with one attached hydrogen (secondary N) is 1. The van der Waals surface area contributed by atoms with Gasteiger partial charge in [-0.25, -0.2) is 9.97 Å². The van der Waals surface area contributed by atoms with Crippen LogP contribution in [0.2, 0.25) is 0 Å². The van der Waals surface area contributed by atoms with Crippen molar-refractivity contribution in [1.29, 1.82) is 0 Å². The second kappa shape index (κ2) is 6.29. The first-order valence-electron chi connectivity index (χ1n) is 7.15. The highest BCUT2D eigenvalue weighted by Crippen LogP contribution is 2.31. The molecule has 2 aromatic heterocycles. The van der Waals surface area contributed by atoms with Gasteiger partial charge in [-0.2, -0.15) is 5.10 Å². The molecule has 0 amide bonds. The summed E-state index contributed by atoms with van der Waals surface area (Å²) in [6, 6.07) is 0. The van der Waals surface area contributed by atoms with Crippen molar-refractivity contribution >= 4 is 28.4 Å². The van der Waals surface area contributed by atoms with Crippen LogP contribution in [0, 0.1) is 3.57 Å². The number of halogens is 1. The van der Waals surface area contributed by atoms with Crippen molar-refractivity contribution in [2.45, 2.75) is 46.1 Å². The molecule has 0 aliphatic heterocycles. The van der Waals surface area contributed by atoms with E-state index in [1.165, 1.54) is 0 Å². The Kier molecular flexibility index (Phi) is 4.85. The zero-order valence-corrected chi connectivity index (χ0v) is 15.4. The molecule has 0 fully saturated rings. The van der Waals surface area contributed by atoms with Gasteiger partial charge in [0.15, 0.2) is 5.82 Å². The Morgan fingerprint density at radius 1 is 1.29 bits per heavy atom. The minimum Gasteiger partial charge on any atom is -0.372 e. The Bertz CT molecular complexity index is 627. The molecule has 21 heavy (non-hydrogen) atoms. The van der Waals surface area contributed by atoms with Gasteiger partial charge in [0.2, 0.25) is 0 Å². The third-order valence-corrected chi connectivity index (χ3v) is 4.16. The number of aromatic nitrogens is 4. The fraction of sp³-hybridized carbons (Fsp3) is 0.533. The van der Waals surface area contributed by atoms with E-state index in [9.17, 15) is 0 Å². The molecule has 0 saturated carbocycles.